The highest BCUT2D eigenvalue weighted by atomic mass is 32.2. The van der Waals surface area contributed by atoms with Crippen molar-refractivity contribution in [1.82, 2.24) is 19.7 Å². The van der Waals surface area contributed by atoms with Crippen molar-refractivity contribution in [3.05, 3.63) is 59.7 Å². The predicted molar refractivity (Wildman–Crippen MR) is 112 cm³/mol. The molecule has 1 aliphatic rings. The van der Waals surface area contributed by atoms with Gasteiger partial charge in [-0.2, -0.15) is 0 Å². The Bertz CT molecular complexity index is 1290. The first-order valence-corrected chi connectivity index (χ1v) is 11.2. The van der Waals surface area contributed by atoms with Gasteiger partial charge in [0.1, 0.15) is 11.3 Å². The van der Waals surface area contributed by atoms with E-state index in [1.807, 2.05) is 34.9 Å². The van der Waals surface area contributed by atoms with Crippen LogP contribution < -0.4 is 5.32 Å². The van der Waals surface area contributed by atoms with Gasteiger partial charge in [0.05, 0.1) is 10.5 Å². The Kier molecular flexibility index (Phi) is 5.14. The van der Waals surface area contributed by atoms with Gasteiger partial charge in [0, 0.05) is 11.6 Å². The molecule has 1 saturated carbocycles. The van der Waals surface area contributed by atoms with Crippen LogP contribution in [0.2, 0.25) is 0 Å². The molecule has 1 N–H and O–H groups in total. The van der Waals surface area contributed by atoms with Gasteiger partial charge >= 0.3 is 0 Å². The number of thiazole rings is 1. The van der Waals surface area contributed by atoms with Gasteiger partial charge in [0.2, 0.25) is 5.91 Å². The maximum atomic E-state index is 13.9. The molecule has 0 saturated heterocycles. The number of hydrogen-bond donors (Lipinski definition) is 1. The molecular weight excluding hydrogens is 447 g/mol. The second-order valence-corrected chi connectivity index (χ2v) is 8.95. The molecule has 11 heteroatoms. The molecule has 1 aliphatic carbocycles. The first kappa shape index (κ1) is 20.0. The molecular formula is C20H14F3N5OS2. The minimum Gasteiger partial charge on any atom is -0.301 e. The number of nitrogens with one attached hydrogen (secondary N) is 1. The van der Waals surface area contributed by atoms with Gasteiger partial charge in [-0.25, -0.2) is 18.2 Å². The number of fused-ring (bicyclic) bond motifs is 1. The third-order valence-electron chi connectivity index (χ3n) is 4.72. The zero-order valence-corrected chi connectivity index (χ0v) is 17.4. The number of carbonyl (C=O) groups is 1. The van der Waals surface area contributed by atoms with Crippen LogP contribution in [0.15, 0.2) is 41.6 Å². The summed E-state index contributed by atoms with van der Waals surface area (Å²) in [5, 5.41) is 11.8. The Morgan fingerprint density at radius 3 is 2.68 bits per heavy atom. The summed E-state index contributed by atoms with van der Waals surface area (Å²) in [5.74, 6) is -3.40. The van der Waals surface area contributed by atoms with E-state index in [-0.39, 0.29) is 21.1 Å². The molecule has 1 amide bonds. The van der Waals surface area contributed by atoms with E-state index in [0.29, 0.717) is 11.1 Å². The Morgan fingerprint density at radius 1 is 1.16 bits per heavy atom. The number of hydrogen-bond acceptors (Lipinski definition) is 6. The summed E-state index contributed by atoms with van der Waals surface area (Å²) >= 11 is 2.08. The molecule has 2 aromatic carbocycles. The monoisotopic (exact) mass is 461 g/mol. The number of amides is 1. The highest BCUT2D eigenvalue weighted by Gasteiger charge is 2.31. The SMILES string of the molecule is O=C(CSc1nnc(C2CC2)n1-c1ccccc1)Nc1nc2c(F)c(F)c(F)cc2s1. The van der Waals surface area contributed by atoms with Crippen molar-refractivity contribution in [2.45, 2.75) is 23.9 Å². The third-order valence-corrected chi connectivity index (χ3v) is 6.56. The number of benzene rings is 2. The lowest BCUT2D eigenvalue weighted by Gasteiger charge is -2.09. The normalized spacial score (nSPS) is 13.6. The smallest absolute Gasteiger partial charge is 0.236 e. The Labute approximate surface area is 182 Å². The molecule has 4 aromatic rings. The minimum absolute atomic E-state index is 0.0107. The van der Waals surface area contributed by atoms with E-state index in [4.69, 9.17) is 0 Å². The zero-order chi connectivity index (χ0) is 21.5. The molecule has 5 rings (SSSR count). The molecule has 0 radical (unpaired) electrons. The lowest BCUT2D eigenvalue weighted by Crippen LogP contribution is -2.14. The molecule has 2 heterocycles. The summed E-state index contributed by atoms with van der Waals surface area (Å²) in [6.07, 6.45) is 2.12. The number of thioether (sulfide) groups is 1. The van der Waals surface area contributed by atoms with E-state index in [9.17, 15) is 18.0 Å². The van der Waals surface area contributed by atoms with Crippen molar-refractivity contribution < 1.29 is 18.0 Å². The van der Waals surface area contributed by atoms with Crippen LogP contribution in [0.4, 0.5) is 18.3 Å². The number of aromatic nitrogens is 4. The van der Waals surface area contributed by atoms with Crippen LogP contribution in [0.5, 0.6) is 0 Å². The van der Waals surface area contributed by atoms with Gasteiger partial charge in [-0.05, 0) is 31.0 Å². The standard InChI is InChI=1S/C20H14F3N5OS2/c21-12-8-13-17(16(23)15(12)22)25-19(31-13)24-14(29)9-30-20-27-26-18(10-6-7-10)28(20)11-4-2-1-3-5-11/h1-5,8,10H,6-7,9H2,(H,24,25,29). The van der Waals surface area contributed by atoms with Gasteiger partial charge < -0.3 is 5.32 Å². The summed E-state index contributed by atoms with van der Waals surface area (Å²) in [4.78, 5) is 16.3. The van der Waals surface area contributed by atoms with Crippen LogP contribution in [0.1, 0.15) is 24.6 Å². The van der Waals surface area contributed by atoms with Crippen molar-refractivity contribution >= 4 is 44.4 Å². The largest absolute Gasteiger partial charge is 0.301 e. The number of rotatable bonds is 6. The first-order chi connectivity index (χ1) is 15.0. The van der Waals surface area contributed by atoms with Crippen molar-refractivity contribution in [2.24, 2.45) is 0 Å². The van der Waals surface area contributed by atoms with Crippen LogP contribution >= 0.6 is 23.1 Å². The van der Waals surface area contributed by atoms with Crippen molar-refractivity contribution in [1.29, 1.82) is 0 Å². The van der Waals surface area contributed by atoms with Gasteiger partial charge in [0.15, 0.2) is 27.7 Å². The topological polar surface area (TPSA) is 72.7 Å². The van der Waals surface area contributed by atoms with Crippen LogP contribution in [0.3, 0.4) is 0 Å². The Hall–Kier alpha value is -2.92. The Morgan fingerprint density at radius 2 is 1.94 bits per heavy atom. The van der Waals surface area contributed by atoms with Crippen molar-refractivity contribution in [3.8, 4) is 5.69 Å². The second kappa shape index (κ2) is 7.97. The van der Waals surface area contributed by atoms with Crippen LogP contribution in [-0.4, -0.2) is 31.4 Å². The van der Waals surface area contributed by atoms with Crippen LogP contribution in [-0.2, 0) is 4.79 Å². The fourth-order valence-electron chi connectivity index (χ4n) is 3.11. The molecule has 0 bridgehead atoms. The lowest BCUT2D eigenvalue weighted by atomic mass is 10.3. The zero-order valence-electron chi connectivity index (χ0n) is 15.8. The van der Waals surface area contributed by atoms with E-state index < -0.39 is 23.4 Å². The maximum Gasteiger partial charge on any atom is 0.236 e. The highest BCUT2D eigenvalue weighted by molar-refractivity contribution is 7.99. The van der Waals surface area contributed by atoms with Gasteiger partial charge in [0.25, 0.3) is 0 Å². The van der Waals surface area contributed by atoms with Crippen LogP contribution in [0.25, 0.3) is 15.9 Å². The number of para-hydroxylation sites is 1. The summed E-state index contributed by atoms with van der Waals surface area (Å²) in [6, 6.07) is 10.5. The summed E-state index contributed by atoms with van der Waals surface area (Å²) in [6.45, 7) is 0. The summed E-state index contributed by atoms with van der Waals surface area (Å²) in [7, 11) is 0. The third kappa shape index (κ3) is 3.90. The molecule has 158 valence electrons. The van der Waals surface area contributed by atoms with E-state index in [2.05, 4.69) is 20.5 Å². The van der Waals surface area contributed by atoms with Gasteiger partial charge in [-0.1, -0.05) is 41.3 Å². The van der Waals surface area contributed by atoms with Crippen LogP contribution in [0, 0.1) is 17.5 Å². The molecule has 0 atom stereocenters. The number of anilines is 1. The molecule has 0 unspecified atom stereocenters. The number of carbonyl (C=O) groups excluding carboxylic acids is 1. The van der Waals surface area contributed by atoms with Gasteiger partial charge in [-0.3, -0.25) is 9.36 Å². The molecule has 6 nitrogen and oxygen atoms in total. The fraction of sp³-hybridized carbons (Fsp3) is 0.200. The number of halogens is 3. The van der Waals surface area contributed by atoms with Crippen molar-refractivity contribution in [3.63, 3.8) is 0 Å². The number of nitrogens with zero attached hydrogens (tertiary/aromatic N) is 4. The predicted octanol–water partition coefficient (Wildman–Crippen LogP) is 4.90. The average Bonchev–Trinajstić information content (AvgIpc) is 3.40. The fourth-order valence-corrected chi connectivity index (χ4v) is 4.78. The molecule has 0 spiro atoms. The average molecular weight is 461 g/mol. The van der Waals surface area contributed by atoms with Crippen molar-refractivity contribution in [2.75, 3.05) is 11.1 Å². The van der Waals surface area contributed by atoms with E-state index in [1.165, 1.54) is 11.8 Å². The molecule has 0 aliphatic heterocycles. The maximum absolute atomic E-state index is 13.9. The Balaban J connectivity index is 1.33. The summed E-state index contributed by atoms with van der Waals surface area (Å²) in [5.41, 5.74) is 0.604. The molecule has 2 aromatic heterocycles. The summed E-state index contributed by atoms with van der Waals surface area (Å²) < 4.78 is 42.7. The molecule has 31 heavy (non-hydrogen) atoms. The van der Waals surface area contributed by atoms with E-state index >= 15 is 0 Å². The first-order valence-electron chi connectivity index (χ1n) is 9.38. The van der Waals surface area contributed by atoms with Gasteiger partial charge in [-0.15, -0.1) is 10.2 Å². The lowest BCUT2D eigenvalue weighted by molar-refractivity contribution is -0.113. The second-order valence-electron chi connectivity index (χ2n) is 6.97. The minimum atomic E-state index is -1.59. The quantitative estimate of drug-likeness (QED) is 0.327. The van der Waals surface area contributed by atoms with E-state index in [1.54, 1.807) is 0 Å². The highest BCUT2D eigenvalue weighted by Crippen LogP contribution is 2.41. The molecule has 1 fully saturated rings. The van der Waals surface area contributed by atoms with E-state index in [0.717, 1.165) is 41.8 Å².